The number of rotatable bonds is 6. The molecule has 4 rings (SSSR count). The zero-order chi connectivity index (χ0) is 30.5. The number of amides is 1. The largest absolute Gasteiger partial charge is 0.490 e. The Labute approximate surface area is 230 Å². The fourth-order valence-corrected chi connectivity index (χ4v) is 4.44. The van der Waals surface area contributed by atoms with Crippen molar-refractivity contribution in [3.8, 4) is 5.75 Å². The van der Waals surface area contributed by atoms with Gasteiger partial charge in [0, 0.05) is 51.9 Å². The monoisotopic (exact) mass is 595 g/mol. The van der Waals surface area contributed by atoms with Crippen LogP contribution in [0.1, 0.15) is 44.1 Å². The summed E-state index contributed by atoms with van der Waals surface area (Å²) in [6.07, 6.45) is -6.32. The Morgan fingerprint density at radius 2 is 1.78 bits per heavy atom. The van der Waals surface area contributed by atoms with Gasteiger partial charge in [0.15, 0.2) is 23.2 Å². The molecule has 226 valence electrons. The van der Waals surface area contributed by atoms with E-state index >= 15 is 0 Å². The molecule has 2 aromatic rings. The second kappa shape index (κ2) is 13.2. The van der Waals surface area contributed by atoms with E-state index in [1.165, 1.54) is 13.0 Å². The Balaban J connectivity index is 0.000000587. The molecular weight excluding hydrogens is 567 g/mol. The minimum Gasteiger partial charge on any atom is -0.487 e. The first-order valence-electron chi connectivity index (χ1n) is 12.5. The summed E-state index contributed by atoms with van der Waals surface area (Å²) in [5.41, 5.74) is 1.35. The smallest absolute Gasteiger partial charge is 0.487 e. The van der Waals surface area contributed by atoms with Crippen LogP contribution in [0.5, 0.6) is 5.75 Å². The molecule has 1 unspecified atom stereocenters. The fourth-order valence-electron chi connectivity index (χ4n) is 4.44. The van der Waals surface area contributed by atoms with Crippen molar-refractivity contribution in [1.29, 1.82) is 0 Å². The first-order chi connectivity index (χ1) is 19.2. The molecule has 2 aliphatic heterocycles. The highest BCUT2D eigenvalue weighted by Crippen LogP contribution is 2.34. The molecule has 1 fully saturated rings. The number of carbonyl (C=O) groups is 2. The van der Waals surface area contributed by atoms with E-state index in [2.05, 4.69) is 10.3 Å². The average Bonchev–Trinajstić information content (AvgIpc) is 2.89. The molecule has 0 bridgehead atoms. The Morgan fingerprint density at radius 1 is 1.15 bits per heavy atom. The molecule has 41 heavy (non-hydrogen) atoms. The van der Waals surface area contributed by atoms with Crippen molar-refractivity contribution >= 4 is 23.5 Å². The average molecular weight is 596 g/mol. The SMILES string of the molecule is CC(=O)N1CCc2nc(N3CCC(Oc4ccc(F)cc4F)CC3)c(NCC(F)F)nc2C1C.O=C(O)C(F)(F)F. The Bertz CT molecular complexity index is 1240. The Morgan fingerprint density at radius 3 is 2.32 bits per heavy atom. The Hall–Kier alpha value is -3.85. The summed E-state index contributed by atoms with van der Waals surface area (Å²) in [6, 6.07) is 2.89. The van der Waals surface area contributed by atoms with Gasteiger partial charge in [-0.1, -0.05) is 0 Å². The number of aliphatic carboxylic acids is 1. The fraction of sp³-hybridized carbons (Fsp3) is 0.520. The zero-order valence-corrected chi connectivity index (χ0v) is 22.0. The molecule has 3 heterocycles. The van der Waals surface area contributed by atoms with E-state index < -0.39 is 36.8 Å². The van der Waals surface area contributed by atoms with Gasteiger partial charge in [0.25, 0.3) is 6.43 Å². The number of nitrogens with zero attached hydrogens (tertiary/aromatic N) is 4. The number of carbonyl (C=O) groups excluding carboxylic acids is 1. The molecule has 1 aromatic heterocycles. The van der Waals surface area contributed by atoms with E-state index in [1.807, 2.05) is 11.8 Å². The number of anilines is 2. The number of ether oxygens (including phenoxy) is 1. The van der Waals surface area contributed by atoms with Crippen molar-refractivity contribution in [2.45, 2.75) is 57.9 Å². The molecule has 1 aromatic carbocycles. The van der Waals surface area contributed by atoms with Crippen LogP contribution in [0.25, 0.3) is 0 Å². The van der Waals surface area contributed by atoms with E-state index in [-0.39, 0.29) is 29.6 Å². The minimum atomic E-state index is -5.08. The quantitative estimate of drug-likeness (QED) is 0.468. The predicted molar refractivity (Wildman–Crippen MR) is 132 cm³/mol. The van der Waals surface area contributed by atoms with Gasteiger partial charge < -0.3 is 25.0 Å². The topological polar surface area (TPSA) is 108 Å². The van der Waals surface area contributed by atoms with Gasteiger partial charge in [0.1, 0.15) is 11.9 Å². The van der Waals surface area contributed by atoms with Gasteiger partial charge in [0.2, 0.25) is 5.91 Å². The lowest BCUT2D eigenvalue weighted by atomic mass is 10.0. The lowest BCUT2D eigenvalue weighted by Crippen LogP contribution is -2.41. The third-order valence-corrected chi connectivity index (χ3v) is 6.43. The van der Waals surface area contributed by atoms with Crippen LogP contribution in [0.3, 0.4) is 0 Å². The van der Waals surface area contributed by atoms with Crippen LogP contribution in [0, 0.1) is 11.6 Å². The normalized spacial score (nSPS) is 17.5. The van der Waals surface area contributed by atoms with Crippen molar-refractivity contribution in [1.82, 2.24) is 14.9 Å². The van der Waals surface area contributed by atoms with Crippen LogP contribution in [-0.2, 0) is 16.0 Å². The van der Waals surface area contributed by atoms with E-state index in [0.717, 1.165) is 17.8 Å². The minimum absolute atomic E-state index is 0.00303. The van der Waals surface area contributed by atoms with Crippen LogP contribution in [0.4, 0.5) is 42.4 Å². The van der Waals surface area contributed by atoms with Gasteiger partial charge in [-0.2, -0.15) is 13.2 Å². The molecule has 2 N–H and O–H groups in total. The van der Waals surface area contributed by atoms with Gasteiger partial charge in [-0.3, -0.25) is 4.79 Å². The molecule has 1 amide bonds. The summed E-state index contributed by atoms with van der Waals surface area (Å²) < 4.78 is 90.4. The van der Waals surface area contributed by atoms with Crippen molar-refractivity contribution in [3.05, 3.63) is 41.2 Å². The number of piperidine rings is 1. The maximum Gasteiger partial charge on any atom is 0.490 e. The lowest BCUT2D eigenvalue weighted by molar-refractivity contribution is -0.192. The van der Waals surface area contributed by atoms with Gasteiger partial charge in [0.05, 0.1) is 24.0 Å². The van der Waals surface area contributed by atoms with Gasteiger partial charge in [-0.15, -0.1) is 0 Å². The van der Waals surface area contributed by atoms with Gasteiger partial charge in [-0.25, -0.2) is 32.3 Å². The standard InChI is InChI=1S/C23H27F4N5O2.C2HF3O2/c1-13-21-18(7-10-32(13)14(2)33)29-23(22(30-21)28-12-20(26)27)31-8-5-16(6-9-31)34-19-4-3-15(24)11-17(19)25;3-2(4,5)1(6)7/h3-4,11,13,16,20H,5-10,12H2,1-2H3,(H,28,30);(H,6,7). The number of aromatic nitrogens is 2. The van der Waals surface area contributed by atoms with E-state index in [4.69, 9.17) is 19.6 Å². The molecule has 16 heteroatoms. The van der Waals surface area contributed by atoms with E-state index in [9.17, 15) is 35.5 Å². The van der Waals surface area contributed by atoms with Crippen LogP contribution >= 0.6 is 0 Å². The first kappa shape index (κ1) is 31.7. The number of halogens is 7. The highest BCUT2D eigenvalue weighted by molar-refractivity contribution is 5.74. The number of carboxylic acid groups (broad SMARTS) is 1. The molecule has 0 radical (unpaired) electrons. The number of nitrogens with one attached hydrogen (secondary N) is 1. The van der Waals surface area contributed by atoms with Gasteiger partial charge in [-0.05, 0) is 19.1 Å². The summed E-state index contributed by atoms with van der Waals surface area (Å²) >= 11 is 0. The number of hydrogen-bond acceptors (Lipinski definition) is 7. The molecule has 0 spiro atoms. The molecule has 9 nitrogen and oxygen atoms in total. The maximum absolute atomic E-state index is 13.9. The molecule has 2 aliphatic rings. The summed E-state index contributed by atoms with van der Waals surface area (Å²) in [7, 11) is 0. The summed E-state index contributed by atoms with van der Waals surface area (Å²) in [5, 5.41) is 9.83. The number of hydrogen-bond donors (Lipinski definition) is 2. The first-order valence-corrected chi connectivity index (χ1v) is 12.5. The van der Waals surface area contributed by atoms with Crippen LogP contribution in [0.2, 0.25) is 0 Å². The van der Waals surface area contributed by atoms with Crippen molar-refractivity contribution in [2.75, 3.05) is 36.4 Å². The molecule has 0 saturated carbocycles. The highest BCUT2D eigenvalue weighted by Gasteiger charge is 2.38. The van der Waals surface area contributed by atoms with E-state index in [0.29, 0.717) is 50.4 Å². The molecule has 1 atom stereocenters. The van der Waals surface area contributed by atoms with Crippen LogP contribution < -0.4 is 15.0 Å². The highest BCUT2D eigenvalue weighted by atomic mass is 19.4. The van der Waals surface area contributed by atoms with E-state index in [1.54, 1.807) is 4.90 Å². The second-order valence-electron chi connectivity index (χ2n) is 9.32. The number of alkyl halides is 5. The van der Waals surface area contributed by atoms with Crippen molar-refractivity contribution < 1.29 is 50.2 Å². The van der Waals surface area contributed by atoms with Crippen LogP contribution in [-0.4, -0.2) is 76.7 Å². The molecular formula is C25H28F7N5O4. The predicted octanol–water partition coefficient (Wildman–Crippen LogP) is 4.58. The van der Waals surface area contributed by atoms with Crippen LogP contribution in [0.15, 0.2) is 18.2 Å². The lowest BCUT2D eigenvalue weighted by Gasteiger charge is -2.36. The van der Waals surface area contributed by atoms with Gasteiger partial charge >= 0.3 is 12.1 Å². The Kier molecular flexibility index (Phi) is 10.2. The third kappa shape index (κ3) is 8.33. The number of carboxylic acids is 1. The number of fused-ring (bicyclic) bond motifs is 1. The van der Waals surface area contributed by atoms with Crippen molar-refractivity contribution in [2.24, 2.45) is 0 Å². The zero-order valence-electron chi connectivity index (χ0n) is 22.0. The molecule has 1 saturated heterocycles. The summed E-state index contributed by atoms with van der Waals surface area (Å²) in [6.45, 7) is 4.28. The molecule has 0 aliphatic carbocycles. The summed E-state index contributed by atoms with van der Waals surface area (Å²) in [5.74, 6) is -3.53. The third-order valence-electron chi connectivity index (χ3n) is 6.43. The maximum atomic E-state index is 13.9. The number of benzene rings is 1. The second-order valence-corrected chi connectivity index (χ2v) is 9.32. The summed E-state index contributed by atoms with van der Waals surface area (Å²) in [4.78, 5) is 33.9. The van der Waals surface area contributed by atoms with Crippen molar-refractivity contribution in [3.63, 3.8) is 0 Å².